The Labute approximate surface area is 126 Å². The third kappa shape index (κ3) is 4.44. The van der Waals surface area contributed by atoms with Gasteiger partial charge >= 0.3 is 0 Å². The fourth-order valence-corrected chi connectivity index (χ4v) is 2.59. The van der Waals surface area contributed by atoms with E-state index in [1.165, 1.54) is 6.07 Å². The number of hydrogen-bond donors (Lipinski definition) is 2. The molecule has 1 amide bonds. The molecule has 2 rings (SSSR count). The van der Waals surface area contributed by atoms with Crippen molar-refractivity contribution in [3.05, 3.63) is 28.5 Å². The molecule has 3 N–H and O–H groups in total. The van der Waals surface area contributed by atoms with Crippen molar-refractivity contribution in [2.45, 2.75) is 31.7 Å². The minimum atomic E-state index is -0.384. The molecule has 0 heterocycles. The molecule has 0 spiro atoms. The van der Waals surface area contributed by atoms with E-state index in [9.17, 15) is 9.18 Å². The van der Waals surface area contributed by atoms with Crippen LogP contribution in [0.3, 0.4) is 0 Å². The zero-order valence-corrected chi connectivity index (χ0v) is 12.8. The minimum absolute atomic E-state index is 0. The fourth-order valence-electron chi connectivity index (χ4n) is 2.34. The van der Waals surface area contributed by atoms with Crippen LogP contribution in [0.1, 0.15) is 25.7 Å². The van der Waals surface area contributed by atoms with Crippen LogP contribution in [-0.4, -0.2) is 11.9 Å². The monoisotopic (exact) mass is 350 g/mol. The van der Waals surface area contributed by atoms with Gasteiger partial charge in [0.05, 0.1) is 4.47 Å². The van der Waals surface area contributed by atoms with Crippen molar-refractivity contribution in [2.24, 2.45) is 11.7 Å². The van der Waals surface area contributed by atoms with Crippen LogP contribution in [0, 0.1) is 11.7 Å². The highest BCUT2D eigenvalue weighted by Crippen LogP contribution is 2.27. The maximum Gasteiger partial charge on any atom is 0.224 e. The SMILES string of the molecule is Cl.N[C@@H]1CCC[C@H]1CC(=O)Nc1ccc(Br)c(F)c1. The van der Waals surface area contributed by atoms with E-state index in [2.05, 4.69) is 21.2 Å². The zero-order chi connectivity index (χ0) is 13.1. The molecule has 2 atom stereocenters. The van der Waals surface area contributed by atoms with Crippen LogP contribution in [0.4, 0.5) is 10.1 Å². The van der Waals surface area contributed by atoms with Gasteiger partial charge in [-0.2, -0.15) is 0 Å². The Morgan fingerprint density at radius 3 is 2.79 bits per heavy atom. The standard InChI is InChI=1S/C13H16BrFN2O.ClH/c14-10-5-4-9(7-11(10)15)17-13(18)6-8-2-1-3-12(8)16;/h4-5,7-8,12H,1-3,6,16H2,(H,17,18);1H/t8-,12+;/m0./s1. The first kappa shape index (κ1) is 16.4. The van der Waals surface area contributed by atoms with E-state index >= 15 is 0 Å². The van der Waals surface area contributed by atoms with Gasteiger partial charge in [-0.15, -0.1) is 12.4 Å². The summed E-state index contributed by atoms with van der Waals surface area (Å²) < 4.78 is 13.7. The topological polar surface area (TPSA) is 55.1 Å². The van der Waals surface area contributed by atoms with E-state index in [0.29, 0.717) is 16.6 Å². The number of hydrogen-bond acceptors (Lipinski definition) is 2. The number of nitrogens with one attached hydrogen (secondary N) is 1. The van der Waals surface area contributed by atoms with Crippen LogP contribution in [0.15, 0.2) is 22.7 Å². The summed E-state index contributed by atoms with van der Waals surface area (Å²) in [5.74, 6) is -0.227. The number of nitrogens with two attached hydrogens (primary N) is 1. The van der Waals surface area contributed by atoms with Crippen LogP contribution >= 0.6 is 28.3 Å². The summed E-state index contributed by atoms with van der Waals surface area (Å²) >= 11 is 3.07. The first-order valence-electron chi connectivity index (χ1n) is 6.07. The van der Waals surface area contributed by atoms with E-state index in [1.54, 1.807) is 12.1 Å². The van der Waals surface area contributed by atoms with Gasteiger partial charge in [-0.25, -0.2) is 4.39 Å². The van der Waals surface area contributed by atoms with Crippen molar-refractivity contribution in [1.29, 1.82) is 0 Å². The first-order chi connectivity index (χ1) is 8.56. The number of rotatable bonds is 3. The van der Waals surface area contributed by atoms with E-state index < -0.39 is 0 Å². The van der Waals surface area contributed by atoms with Crippen LogP contribution in [0.5, 0.6) is 0 Å². The highest BCUT2D eigenvalue weighted by atomic mass is 79.9. The van der Waals surface area contributed by atoms with E-state index in [4.69, 9.17) is 5.73 Å². The average Bonchev–Trinajstić information content (AvgIpc) is 2.70. The van der Waals surface area contributed by atoms with Gasteiger partial charge in [-0.05, 0) is 52.9 Å². The molecule has 19 heavy (non-hydrogen) atoms. The summed E-state index contributed by atoms with van der Waals surface area (Å²) in [5, 5.41) is 2.70. The molecule has 1 aromatic rings. The number of anilines is 1. The predicted molar refractivity (Wildman–Crippen MR) is 79.9 cm³/mol. The van der Waals surface area contributed by atoms with Gasteiger partial charge in [0.1, 0.15) is 5.82 Å². The molecule has 6 heteroatoms. The van der Waals surface area contributed by atoms with Crippen molar-refractivity contribution in [3.8, 4) is 0 Å². The van der Waals surface area contributed by atoms with Crippen molar-refractivity contribution in [1.82, 2.24) is 0 Å². The lowest BCUT2D eigenvalue weighted by molar-refractivity contribution is -0.117. The lowest BCUT2D eigenvalue weighted by Gasteiger charge is -2.14. The molecule has 3 nitrogen and oxygen atoms in total. The number of benzene rings is 1. The van der Waals surface area contributed by atoms with Crippen molar-refractivity contribution < 1.29 is 9.18 Å². The summed E-state index contributed by atoms with van der Waals surface area (Å²) in [6.07, 6.45) is 3.50. The molecular formula is C13H17BrClFN2O. The van der Waals surface area contributed by atoms with Gasteiger partial charge < -0.3 is 11.1 Å². The molecule has 0 bridgehead atoms. The Bertz CT molecular complexity index is 458. The Balaban J connectivity index is 0.00000180. The molecule has 1 aromatic carbocycles. The van der Waals surface area contributed by atoms with Crippen LogP contribution in [0.2, 0.25) is 0 Å². The van der Waals surface area contributed by atoms with Gasteiger partial charge in [-0.3, -0.25) is 4.79 Å². The first-order valence-corrected chi connectivity index (χ1v) is 6.86. The lowest BCUT2D eigenvalue weighted by atomic mass is 10.00. The summed E-state index contributed by atoms with van der Waals surface area (Å²) in [6, 6.07) is 4.67. The van der Waals surface area contributed by atoms with Crippen LogP contribution < -0.4 is 11.1 Å². The van der Waals surface area contributed by atoms with E-state index in [0.717, 1.165) is 19.3 Å². The molecule has 0 saturated heterocycles. The second kappa shape index (κ2) is 7.22. The maximum absolute atomic E-state index is 13.3. The Kier molecular flexibility index (Phi) is 6.23. The molecule has 1 aliphatic rings. The van der Waals surface area contributed by atoms with Gasteiger partial charge in [0.2, 0.25) is 5.91 Å². The largest absolute Gasteiger partial charge is 0.327 e. The van der Waals surface area contributed by atoms with Crippen molar-refractivity contribution >= 4 is 39.9 Å². The number of carbonyl (C=O) groups is 1. The molecule has 106 valence electrons. The van der Waals surface area contributed by atoms with Crippen LogP contribution in [-0.2, 0) is 4.79 Å². The lowest BCUT2D eigenvalue weighted by Crippen LogP contribution is -2.28. The summed E-state index contributed by atoms with van der Waals surface area (Å²) in [6.45, 7) is 0. The van der Waals surface area contributed by atoms with Crippen molar-refractivity contribution in [3.63, 3.8) is 0 Å². The highest BCUT2D eigenvalue weighted by molar-refractivity contribution is 9.10. The third-order valence-electron chi connectivity index (χ3n) is 3.37. The smallest absolute Gasteiger partial charge is 0.224 e. The van der Waals surface area contributed by atoms with Gasteiger partial charge in [-0.1, -0.05) is 6.42 Å². The van der Waals surface area contributed by atoms with E-state index in [-0.39, 0.29) is 36.1 Å². The Morgan fingerprint density at radius 1 is 1.47 bits per heavy atom. The molecule has 0 aromatic heterocycles. The quantitative estimate of drug-likeness (QED) is 0.876. The van der Waals surface area contributed by atoms with E-state index in [1.807, 2.05) is 0 Å². The number of carbonyl (C=O) groups excluding carboxylic acids is 1. The third-order valence-corrected chi connectivity index (χ3v) is 4.01. The molecule has 1 saturated carbocycles. The number of amides is 1. The van der Waals surface area contributed by atoms with Gasteiger partial charge in [0.25, 0.3) is 0 Å². The summed E-state index contributed by atoms with van der Waals surface area (Å²) in [5.41, 5.74) is 6.40. The summed E-state index contributed by atoms with van der Waals surface area (Å²) in [7, 11) is 0. The minimum Gasteiger partial charge on any atom is -0.327 e. The normalized spacial score (nSPS) is 21.8. The zero-order valence-electron chi connectivity index (χ0n) is 10.4. The Hall–Kier alpha value is -0.650. The molecule has 0 aliphatic heterocycles. The molecule has 0 unspecified atom stereocenters. The molecule has 1 aliphatic carbocycles. The fraction of sp³-hybridized carbons (Fsp3) is 0.462. The van der Waals surface area contributed by atoms with Crippen molar-refractivity contribution in [2.75, 3.05) is 5.32 Å². The number of halogens is 3. The predicted octanol–water partition coefficient (Wildman–Crippen LogP) is 3.47. The van der Waals surface area contributed by atoms with Gasteiger partial charge in [0.15, 0.2) is 0 Å². The Morgan fingerprint density at radius 2 is 2.21 bits per heavy atom. The second-order valence-corrected chi connectivity index (χ2v) is 5.59. The molecule has 0 radical (unpaired) electrons. The van der Waals surface area contributed by atoms with Gasteiger partial charge in [0, 0.05) is 18.2 Å². The average molecular weight is 352 g/mol. The molecule has 1 fully saturated rings. The summed E-state index contributed by atoms with van der Waals surface area (Å²) in [4.78, 5) is 11.8. The highest BCUT2D eigenvalue weighted by Gasteiger charge is 2.26. The maximum atomic E-state index is 13.3. The van der Waals surface area contributed by atoms with Crippen LogP contribution in [0.25, 0.3) is 0 Å². The second-order valence-electron chi connectivity index (χ2n) is 4.74. The molecular weight excluding hydrogens is 335 g/mol.